The van der Waals surface area contributed by atoms with Crippen LogP contribution in [0.5, 0.6) is 5.75 Å². The summed E-state index contributed by atoms with van der Waals surface area (Å²) in [6.45, 7) is 5.47. The Balaban J connectivity index is 1.91. The molecule has 6 nitrogen and oxygen atoms in total. The van der Waals surface area contributed by atoms with Gasteiger partial charge in [-0.05, 0) is 30.7 Å². The fourth-order valence-corrected chi connectivity index (χ4v) is 5.09. The number of sulfonamides is 1. The van der Waals surface area contributed by atoms with Crippen LogP contribution in [0.25, 0.3) is 0 Å². The fraction of sp³-hybridized carbons (Fsp3) is 0.400. The van der Waals surface area contributed by atoms with E-state index in [-0.39, 0.29) is 10.9 Å². The summed E-state index contributed by atoms with van der Waals surface area (Å²) in [4.78, 5) is 2.33. The lowest BCUT2D eigenvalue weighted by Crippen LogP contribution is -2.43. The first-order chi connectivity index (χ1) is 13.4. The van der Waals surface area contributed by atoms with E-state index in [1.165, 1.54) is 7.11 Å². The smallest absolute Gasteiger partial charge is 0.244 e. The third-order valence-electron chi connectivity index (χ3n) is 4.74. The van der Waals surface area contributed by atoms with Gasteiger partial charge in [0.25, 0.3) is 0 Å². The summed E-state index contributed by atoms with van der Waals surface area (Å²) in [5.74, 6) is 0.310. The molecular weight excluding hydrogens is 444 g/mol. The highest BCUT2D eigenvalue weighted by Gasteiger charge is 2.27. The molecule has 0 spiro atoms. The Morgan fingerprint density at radius 2 is 1.86 bits per heavy atom. The van der Waals surface area contributed by atoms with Crippen LogP contribution in [-0.4, -0.2) is 53.3 Å². The van der Waals surface area contributed by atoms with Gasteiger partial charge < -0.3 is 9.47 Å². The Bertz CT molecular complexity index is 897. The molecule has 1 aliphatic rings. The number of methoxy groups -OCH3 is 1. The number of benzene rings is 2. The van der Waals surface area contributed by atoms with E-state index in [1.807, 2.05) is 31.2 Å². The molecule has 8 heteroatoms. The van der Waals surface area contributed by atoms with Crippen molar-refractivity contribution in [3.63, 3.8) is 0 Å². The molecule has 0 saturated carbocycles. The second kappa shape index (κ2) is 9.37. The first kappa shape index (κ1) is 21.3. The van der Waals surface area contributed by atoms with E-state index in [2.05, 4.69) is 25.6 Å². The molecular formula is C20H25BrN2O4S. The van der Waals surface area contributed by atoms with E-state index in [4.69, 9.17) is 9.47 Å². The molecule has 0 aromatic heterocycles. The molecule has 0 aliphatic carbocycles. The van der Waals surface area contributed by atoms with Gasteiger partial charge in [-0.3, -0.25) is 4.90 Å². The van der Waals surface area contributed by atoms with Crippen molar-refractivity contribution in [2.45, 2.75) is 17.9 Å². The zero-order valence-corrected chi connectivity index (χ0v) is 18.4. The number of hydrogen-bond acceptors (Lipinski definition) is 5. The van der Waals surface area contributed by atoms with Gasteiger partial charge in [0.15, 0.2) is 0 Å². The standard InChI is InChI=1S/C20H25BrN2O4S/c1-15-3-5-16(6-4-15)18(14-23-9-11-27-12-10-23)22-28(24,25)20-13-17(21)7-8-19(20)26-2/h3-8,13,18,22H,9-12,14H2,1-2H3. The van der Waals surface area contributed by atoms with Crippen molar-refractivity contribution in [3.05, 3.63) is 58.1 Å². The number of halogens is 1. The van der Waals surface area contributed by atoms with Gasteiger partial charge in [-0.1, -0.05) is 45.8 Å². The van der Waals surface area contributed by atoms with Crippen molar-refractivity contribution in [1.29, 1.82) is 0 Å². The van der Waals surface area contributed by atoms with Crippen molar-refractivity contribution in [1.82, 2.24) is 9.62 Å². The van der Waals surface area contributed by atoms with Crippen LogP contribution in [0.15, 0.2) is 51.8 Å². The van der Waals surface area contributed by atoms with E-state index >= 15 is 0 Å². The highest BCUT2D eigenvalue weighted by Crippen LogP contribution is 2.29. The summed E-state index contributed by atoms with van der Waals surface area (Å²) >= 11 is 3.35. The maximum Gasteiger partial charge on any atom is 0.244 e. The Morgan fingerprint density at radius 3 is 2.50 bits per heavy atom. The molecule has 1 saturated heterocycles. The lowest BCUT2D eigenvalue weighted by molar-refractivity contribution is 0.0345. The minimum absolute atomic E-state index is 0.114. The summed E-state index contributed by atoms with van der Waals surface area (Å²) in [5.41, 5.74) is 2.06. The predicted octanol–water partition coefficient (Wildman–Crippen LogP) is 3.12. The second-order valence-electron chi connectivity index (χ2n) is 6.79. The van der Waals surface area contributed by atoms with Crippen LogP contribution >= 0.6 is 15.9 Å². The van der Waals surface area contributed by atoms with Crippen molar-refractivity contribution >= 4 is 26.0 Å². The average molecular weight is 469 g/mol. The number of hydrogen-bond donors (Lipinski definition) is 1. The van der Waals surface area contributed by atoms with Gasteiger partial charge in [0.2, 0.25) is 10.0 Å². The molecule has 1 aliphatic heterocycles. The average Bonchev–Trinajstić information content (AvgIpc) is 2.69. The van der Waals surface area contributed by atoms with E-state index in [1.54, 1.807) is 18.2 Å². The summed E-state index contributed by atoms with van der Waals surface area (Å²) in [6.07, 6.45) is 0. The maximum atomic E-state index is 13.2. The predicted molar refractivity (Wildman–Crippen MR) is 112 cm³/mol. The third-order valence-corrected chi connectivity index (χ3v) is 6.72. The number of rotatable bonds is 7. The zero-order valence-electron chi connectivity index (χ0n) is 16.0. The van der Waals surface area contributed by atoms with Gasteiger partial charge in [-0.15, -0.1) is 0 Å². The molecule has 152 valence electrons. The minimum atomic E-state index is -3.80. The lowest BCUT2D eigenvalue weighted by atomic mass is 10.1. The molecule has 1 atom stereocenters. The van der Waals surface area contributed by atoms with Crippen LogP contribution in [0, 0.1) is 6.92 Å². The largest absolute Gasteiger partial charge is 0.495 e. The fourth-order valence-electron chi connectivity index (χ4n) is 3.16. The third kappa shape index (κ3) is 5.33. The lowest BCUT2D eigenvalue weighted by Gasteiger charge is -2.31. The van der Waals surface area contributed by atoms with Crippen LogP contribution in [0.2, 0.25) is 0 Å². The number of nitrogens with one attached hydrogen (secondary N) is 1. The molecule has 1 N–H and O–H groups in total. The highest BCUT2D eigenvalue weighted by atomic mass is 79.9. The van der Waals surface area contributed by atoms with Crippen LogP contribution < -0.4 is 9.46 Å². The Hall–Kier alpha value is -1.45. The van der Waals surface area contributed by atoms with E-state index in [0.717, 1.165) is 24.2 Å². The quantitative estimate of drug-likeness (QED) is 0.675. The summed E-state index contributed by atoms with van der Waals surface area (Å²) in [7, 11) is -2.33. The SMILES string of the molecule is COc1ccc(Br)cc1S(=O)(=O)NC(CN1CCOCC1)c1ccc(C)cc1. The summed E-state index contributed by atoms with van der Waals surface area (Å²) in [6, 6.07) is 12.5. The second-order valence-corrected chi connectivity index (χ2v) is 9.39. The maximum absolute atomic E-state index is 13.2. The van der Waals surface area contributed by atoms with Crippen LogP contribution in [-0.2, 0) is 14.8 Å². The Kier molecular flexibility index (Phi) is 7.11. The molecule has 28 heavy (non-hydrogen) atoms. The van der Waals surface area contributed by atoms with E-state index in [9.17, 15) is 8.42 Å². The number of aryl methyl sites for hydroxylation is 1. The van der Waals surface area contributed by atoms with Gasteiger partial charge >= 0.3 is 0 Å². The Labute approximate surface area is 175 Å². The number of nitrogens with zero attached hydrogens (tertiary/aromatic N) is 1. The normalized spacial score (nSPS) is 16.7. The minimum Gasteiger partial charge on any atom is -0.495 e. The molecule has 0 amide bonds. The van der Waals surface area contributed by atoms with Crippen molar-refractivity contribution in [3.8, 4) is 5.75 Å². The van der Waals surface area contributed by atoms with Gasteiger partial charge in [-0.2, -0.15) is 0 Å². The number of morpholine rings is 1. The Morgan fingerprint density at radius 1 is 1.18 bits per heavy atom. The van der Waals surface area contributed by atoms with Crippen LogP contribution in [0.3, 0.4) is 0 Å². The monoisotopic (exact) mass is 468 g/mol. The summed E-state index contributed by atoms with van der Waals surface area (Å²) < 4.78 is 40.6. The van der Waals surface area contributed by atoms with Gasteiger partial charge in [0.1, 0.15) is 10.6 Å². The molecule has 1 heterocycles. The van der Waals surface area contributed by atoms with Gasteiger partial charge in [0, 0.05) is 24.1 Å². The zero-order chi connectivity index (χ0) is 20.1. The van der Waals surface area contributed by atoms with Crippen molar-refractivity contribution in [2.75, 3.05) is 40.0 Å². The number of ether oxygens (including phenoxy) is 2. The van der Waals surface area contributed by atoms with Crippen LogP contribution in [0.4, 0.5) is 0 Å². The molecule has 2 aromatic carbocycles. The first-order valence-corrected chi connectivity index (χ1v) is 11.4. The molecule has 3 rings (SSSR count). The van der Waals surface area contributed by atoms with E-state index < -0.39 is 10.0 Å². The first-order valence-electron chi connectivity index (χ1n) is 9.11. The molecule has 1 unspecified atom stereocenters. The van der Waals surface area contributed by atoms with Crippen molar-refractivity contribution < 1.29 is 17.9 Å². The summed E-state index contributed by atoms with van der Waals surface area (Å²) in [5, 5.41) is 0. The van der Waals surface area contributed by atoms with Crippen molar-refractivity contribution in [2.24, 2.45) is 0 Å². The van der Waals surface area contributed by atoms with E-state index in [0.29, 0.717) is 30.0 Å². The molecule has 1 fully saturated rings. The molecule has 0 radical (unpaired) electrons. The molecule has 2 aromatic rings. The van der Waals surface area contributed by atoms with Crippen LogP contribution in [0.1, 0.15) is 17.2 Å². The molecule has 0 bridgehead atoms. The van der Waals surface area contributed by atoms with Gasteiger partial charge in [0.05, 0.1) is 26.4 Å². The highest BCUT2D eigenvalue weighted by molar-refractivity contribution is 9.10. The van der Waals surface area contributed by atoms with Gasteiger partial charge in [-0.25, -0.2) is 13.1 Å². The topological polar surface area (TPSA) is 67.9 Å².